The molecule has 3 rings (SSSR count). The monoisotopic (exact) mass is 368 g/mol. The second-order valence-electron chi connectivity index (χ2n) is 6.86. The van der Waals surface area contributed by atoms with Gasteiger partial charge in [-0.2, -0.15) is 0 Å². The fourth-order valence-corrected chi connectivity index (χ4v) is 3.47. The van der Waals surface area contributed by atoms with E-state index in [0.29, 0.717) is 11.1 Å². The quantitative estimate of drug-likeness (QED) is 0.597. The lowest BCUT2D eigenvalue weighted by Crippen LogP contribution is -2.28. The minimum atomic E-state index is -0.0315. The first kappa shape index (κ1) is 18.5. The number of amides is 1. The summed E-state index contributed by atoms with van der Waals surface area (Å²) in [6, 6.07) is 16.0. The number of carbonyl (C=O) groups excluding carboxylic acids is 1. The number of nitrogens with zero attached hydrogens (tertiary/aromatic N) is 1. The minimum Gasteiger partial charge on any atom is -0.431 e. The van der Waals surface area contributed by atoms with E-state index in [-0.39, 0.29) is 17.7 Å². The van der Waals surface area contributed by atoms with E-state index in [4.69, 9.17) is 4.42 Å². The fraction of sp³-hybridized carbons (Fsp3) is 0.333. The molecule has 0 spiro atoms. The molecule has 2 aromatic carbocycles. The van der Waals surface area contributed by atoms with Gasteiger partial charge >= 0.3 is 0 Å². The first-order chi connectivity index (χ1) is 12.5. The van der Waals surface area contributed by atoms with Gasteiger partial charge in [0, 0.05) is 0 Å². The van der Waals surface area contributed by atoms with Crippen LogP contribution in [-0.2, 0) is 11.2 Å². The number of nitrogens with one attached hydrogen (secondary N) is 1. The Morgan fingerprint density at radius 2 is 1.85 bits per heavy atom. The molecule has 1 heterocycles. The summed E-state index contributed by atoms with van der Waals surface area (Å²) in [5.74, 6) is 0.889. The largest absolute Gasteiger partial charge is 0.431 e. The Labute approximate surface area is 158 Å². The first-order valence-electron chi connectivity index (χ1n) is 8.88. The molecule has 0 aliphatic rings. The number of thioether (sulfide) groups is 1. The molecule has 4 nitrogen and oxygen atoms in total. The number of hydrogen-bond acceptors (Lipinski definition) is 4. The second-order valence-corrected chi connectivity index (χ2v) is 7.79. The molecule has 1 aromatic heterocycles. The predicted molar refractivity (Wildman–Crippen MR) is 106 cm³/mol. The van der Waals surface area contributed by atoms with Crippen LogP contribution in [0, 0.1) is 5.92 Å². The van der Waals surface area contributed by atoms with Crippen molar-refractivity contribution in [1.82, 2.24) is 10.3 Å². The van der Waals surface area contributed by atoms with Gasteiger partial charge in [0.1, 0.15) is 5.52 Å². The zero-order chi connectivity index (χ0) is 18.5. The van der Waals surface area contributed by atoms with Gasteiger partial charge < -0.3 is 9.73 Å². The highest BCUT2D eigenvalue weighted by atomic mass is 32.2. The Hall–Kier alpha value is -2.27. The highest BCUT2D eigenvalue weighted by molar-refractivity contribution is 7.99. The average molecular weight is 369 g/mol. The van der Waals surface area contributed by atoms with Gasteiger partial charge in [0.25, 0.3) is 5.22 Å². The molecule has 3 aromatic rings. The lowest BCUT2D eigenvalue weighted by Gasteiger charge is -2.15. The topological polar surface area (TPSA) is 55.1 Å². The molecule has 0 saturated carbocycles. The molecule has 0 bridgehead atoms. The molecular weight excluding hydrogens is 344 g/mol. The molecule has 0 unspecified atom stereocenters. The third-order valence-electron chi connectivity index (χ3n) is 4.10. The number of para-hydroxylation sites is 2. The van der Waals surface area contributed by atoms with Gasteiger partial charge in [-0.15, -0.1) is 0 Å². The molecule has 1 amide bonds. The Morgan fingerprint density at radius 3 is 2.54 bits per heavy atom. The maximum Gasteiger partial charge on any atom is 0.257 e. The molecular formula is C21H24N2O2S. The highest BCUT2D eigenvalue weighted by Gasteiger charge is 2.12. The van der Waals surface area contributed by atoms with E-state index in [1.807, 2.05) is 31.2 Å². The van der Waals surface area contributed by atoms with Gasteiger partial charge in [0.2, 0.25) is 5.91 Å². The standard InChI is InChI=1S/C21H24N2O2S/c1-14(2)12-16-8-10-17(11-9-16)15(3)22-20(24)13-26-21-23-18-6-4-5-7-19(18)25-21/h4-11,14-15H,12-13H2,1-3H3,(H,22,24)/t15-/m0/s1. The lowest BCUT2D eigenvalue weighted by molar-refractivity contribution is -0.119. The van der Waals surface area contributed by atoms with Crippen molar-refractivity contribution in [3.8, 4) is 0 Å². The summed E-state index contributed by atoms with van der Waals surface area (Å²) in [5.41, 5.74) is 3.99. The van der Waals surface area contributed by atoms with E-state index < -0.39 is 0 Å². The number of rotatable bonds is 7. The molecule has 5 heteroatoms. The van der Waals surface area contributed by atoms with Crippen molar-refractivity contribution in [3.05, 3.63) is 59.7 Å². The summed E-state index contributed by atoms with van der Waals surface area (Å²) in [7, 11) is 0. The van der Waals surface area contributed by atoms with Crippen LogP contribution in [0.3, 0.4) is 0 Å². The van der Waals surface area contributed by atoms with Crippen LogP contribution < -0.4 is 5.32 Å². The summed E-state index contributed by atoms with van der Waals surface area (Å²) in [5, 5.41) is 3.55. The molecule has 0 fully saturated rings. The van der Waals surface area contributed by atoms with Crippen LogP contribution >= 0.6 is 11.8 Å². The molecule has 136 valence electrons. The van der Waals surface area contributed by atoms with Crippen molar-refractivity contribution in [2.45, 2.75) is 38.5 Å². The Morgan fingerprint density at radius 1 is 1.12 bits per heavy atom. The van der Waals surface area contributed by atoms with Gasteiger partial charge in [0.15, 0.2) is 5.58 Å². The van der Waals surface area contributed by atoms with E-state index in [2.05, 4.69) is 48.4 Å². The first-order valence-corrected chi connectivity index (χ1v) is 9.86. The van der Waals surface area contributed by atoms with E-state index in [0.717, 1.165) is 23.1 Å². The minimum absolute atomic E-state index is 0.0279. The van der Waals surface area contributed by atoms with E-state index in [1.54, 1.807) is 0 Å². The molecule has 0 saturated heterocycles. The number of carbonyl (C=O) groups is 1. The van der Waals surface area contributed by atoms with E-state index >= 15 is 0 Å². The van der Waals surface area contributed by atoms with Crippen LogP contribution in [0.5, 0.6) is 0 Å². The summed E-state index contributed by atoms with van der Waals surface area (Å²) >= 11 is 1.31. The van der Waals surface area contributed by atoms with Gasteiger partial charge in [-0.1, -0.05) is 62.0 Å². The summed E-state index contributed by atoms with van der Waals surface area (Å²) in [6.07, 6.45) is 1.07. The van der Waals surface area contributed by atoms with Crippen molar-refractivity contribution in [2.75, 3.05) is 5.75 Å². The summed E-state index contributed by atoms with van der Waals surface area (Å²) in [6.45, 7) is 6.43. The normalized spacial score (nSPS) is 12.5. The SMILES string of the molecule is CC(C)Cc1ccc([C@H](C)NC(=O)CSc2nc3ccccc3o2)cc1. The van der Waals surface area contributed by atoms with Crippen LogP contribution in [0.25, 0.3) is 11.1 Å². The van der Waals surface area contributed by atoms with Crippen molar-refractivity contribution < 1.29 is 9.21 Å². The van der Waals surface area contributed by atoms with Crippen molar-refractivity contribution in [1.29, 1.82) is 0 Å². The zero-order valence-corrected chi connectivity index (χ0v) is 16.2. The number of aromatic nitrogens is 1. The average Bonchev–Trinajstić information content (AvgIpc) is 3.03. The Bertz CT molecular complexity index is 838. The van der Waals surface area contributed by atoms with Crippen LogP contribution in [-0.4, -0.2) is 16.6 Å². The predicted octanol–water partition coefficient (Wildman–Crippen LogP) is 5.00. The molecule has 0 aliphatic heterocycles. The molecule has 26 heavy (non-hydrogen) atoms. The second kappa shape index (κ2) is 8.41. The molecule has 0 radical (unpaired) electrons. The lowest BCUT2D eigenvalue weighted by atomic mass is 10.00. The van der Waals surface area contributed by atoms with Crippen LogP contribution in [0.15, 0.2) is 58.2 Å². The van der Waals surface area contributed by atoms with Crippen LogP contribution in [0.2, 0.25) is 0 Å². The Balaban J connectivity index is 1.52. The van der Waals surface area contributed by atoms with E-state index in [9.17, 15) is 4.79 Å². The smallest absolute Gasteiger partial charge is 0.257 e. The molecule has 1 atom stereocenters. The third kappa shape index (κ3) is 4.88. The summed E-state index contributed by atoms with van der Waals surface area (Å²) < 4.78 is 5.62. The third-order valence-corrected chi connectivity index (χ3v) is 4.93. The van der Waals surface area contributed by atoms with Crippen molar-refractivity contribution in [3.63, 3.8) is 0 Å². The summed E-state index contributed by atoms with van der Waals surface area (Å²) in [4.78, 5) is 16.6. The molecule has 1 N–H and O–H groups in total. The number of oxazole rings is 1. The van der Waals surface area contributed by atoms with Crippen molar-refractivity contribution >= 4 is 28.8 Å². The van der Waals surface area contributed by atoms with Gasteiger partial charge in [-0.3, -0.25) is 4.79 Å². The van der Waals surface area contributed by atoms with Crippen LogP contribution in [0.1, 0.15) is 37.9 Å². The van der Waals surface area contributed by atoms with Crippen LogP contribution in [0.4, 0.5) is 0 Å². The van der Waals surface area contributed by atoms with Gasteiger partial charge in [-0.05, 0) is 42.5 Å². The number of fused-ring (bicyclic) bond motifs is 1. The van der Waals surface area contributed by atoms with Gasteiger partial charge in [0.05, 0.1) is 11.8 Å². The fourth-order valence-electron chi connectivity index (χ4n) is 2.82. The van der Waals surface area contributed by atoms with Gasteiger partial charge in [-0.25, -0.2) is 4.98 Å². The maximum atomic E-state index is 12.2. The molecule has 0 aliphatic carbocycles. The zero-order valence-electron chi connectivity index (χ0n) is 15.4. The number of benzene rings is 2. The maximum absolute atomic E-state index is 12.2. The number of hydrogen-bond donors (Lipinski definition) is 1. The highest BCUT2D eigenvalue weighted by Crippen LogP contribution is 2.23. The Kier molecular flexibility index (Phi) is 5.99. The van der Waals surface area contributed by atoms with E-state index in [1.165, 1.54) is 17.3 Å². The van der Waals surface area contributed by atoms with Crippen molar-refractivity contribution in [2.24, 2.45) is 5.92 Å².